The number of carbonyl (C=O) groups excluding carboxylic acids is 1. The molecule has 0 spiro atoms. The van der Waals surface area contributed by atoms with Crippen LogP contribution in [0.25, 0.3) is 0 Å². The molecule has 2 rings (SSSR count). The average molecular weight is 415 g/mol. The maximum atomic E-state index is 12.4. The van der Waals surface area contributed by atoms with E-state index >= 15 is 0 Å². The van der Waals surface area contributed by atoms with Crippen molar-refractivity contribution in [2.45, 2.75) is 6.54 Å². The molecule has 1 aromatic carbocycles. The Morgan fingerprint density at radius 2 is 2.08 bits per heavy atom. The predicted octanol–water partition coefficient (Wildman–Crippen LogP) is 2.74. The van der Waals surface area contributed by atoms with Gasteiger partial charge in [-0.05, 0) is 42.2 Å². The maximum absolute atomic E-state index is 12.4. The number of aryl methyl sites for hydroxylation is 1. The number of likely N-dealkylation sites (N-methyl/N-ethyl adjacent to an activating group) is 1. The standard InChI is InChI=1S/C16H21BrClN5O/c1-22(2)9-8-19-10-13-14(17)15(23(3)21-13)20-16(24)11-6-4-5-7-12(11)18/h4-7,19H,8-10H2,1-3H3,(H,20,24). The van der Waals surface area contributed by atoms with Crippen LogP contribution in [0.4, 0.5) is 5.82 Å². The highest BCUT2D eigenvalue weighted by Crippen LogP contribution is 2.27. The van der Waals surface area contributed by atoms with E-state index in [1.54, 1.807) is 36.0 Å². The number of rotatable bonds is 7. The van der Waals surface area contributed by atoms with Crippen LogP contribution in [0, 0.1) is 0 Å². The van der Waals surface area contributed by atoms with Gasteiger partial charge in [-0.15, -0.1) is 0 Å². The van der Waals surface area contributed by atoms with Crippen LogP contribution in [0.3, 0.4) is 0 Å². The van der Waals surface area contributed by atoms with E-state index in [9.17, 15) is 4.79 Å². The van der Waals surface area contributed by atoms with E-state index in [0.717, 1.165) is 23.3 Å². The second kappa shape index (κ2) is 8.62. The Hall–Kier alpha value is -1.41. The molecule has 1 heterocycles. The maximum Gasteiger partial charge on any atom is 0.258 e. The molecule has 1 aromatic heterocycles. The number of amides is 1. The fourth-order valence-electron chi connectivity index (χ4n) is 2.13. The van der Waals surface area contributed by atoms with Crippen molar-refractivity contribution in [3.63, 3.8) is 0 Å². The second-order valence-electron chi connectivity index (χ2n) is 5.65. The van der Waals surface area contributed by atoms with Crippen LogP contribution in [0.2, 0.25) is 5.02 Å². The number of benzene rings is 1. The molecule has 8 heteroatoms. The monoisotopic (exact) mass is 413 g/mol. The number of nitrogens with zero attached hydrogens (tertiary/aromatic N) is 3. The molecule has 0 atom stereocenters. The molecule has 0 aliphatic carbocycles. The van der Waals surface area contributed by atoms with Gasteiger partial charge in [0.2, 0.25) is 0 Å². The zero-order valence-electron chi connectivity index (χ0n) is 13.9. The van der Waals surface area contributed by atoms with Gasteiger partial charge in [-0.25, -0.2) is 0 Å². The van der Waals surface area contributed by atoms with E-state index in [1.165, 1.54) is 0 Å². The van der Waals surface area contributed by atoms with Gasteiger partial charge in [0.1, 0.15) is 5.82 Å². The van der Waals surface area contributed by atoms with Gasteiger partial charge in [0.15, 0.2) is 0 Å². The fourth-order valence-corrected chi connectivity index (χ4v) is 2.93. The third kappa shape index (κ3) is 4.80. The molecule has 6 nitrogen and oxygen atoms in total. The summed E-state index contributed by atoms with van der Waals surface area (Å²) in [7, 11) is 5.84. The van der Waals surface area contributed by atoms with Gasteiger partial charge in [-0.3, -0.25) is 9.48 Å². The van der Waals surface area contributed by atoms with Crippen molar-refractivity contribution in [3.05, 3.63) is 45.0 Å². The number of nitrogens with one attached hydrogen (secondary N) is 2. The van der Waals surface area contributed by atoms with Gasteiger partial charge in [0, 0.05) is 26.7 Å². The van der Waals surface area contributed by atoms with Crippen molar-refractivity contribution in [1.29, 1.82) is 0 Å². The molecule has 0 bridgehead atoms. The predicted molar refractivity (Wildman–Crippen MR) is 101 cm³/mol. The SMILES string of the molecule is CN(C)CCNCc1nn(C)c(NC(=O)c2ccccc2Cl)c1Br. The summed E-state index contributed by atoms with van der Waals surface area (Å²) in [5, 5.41) is 11.0. The number of carbonyl (C=O) groups is 1. The molecule has 0 saturated heterocycles. The van der Waals surface area contributed by atoms with Crippen LogP contribution in [0.5, 0.6) is 0 Å². The second-order valence-corrected chi connectivity index (χ2v) is 6.85. The van der Waals surface area contributed by atoms with Crippen LogP contribution >= 0.6 is 27.5 Å². The first-order chi connectivity index (χ1) is 11.4. The van der Waals surface area contributed by atoms with E-state index in [4.69, 9.17) is 11.6 Å². The van der Waals surface area contributed by atoms with Crippen LogP contribution in [0.1, 0.15) is 16.1 Å². The van der Waals surface area contributed by atoms with Gasteiger partial charge < -0.3 is 15.5 Å². The molecule has 0 unspecified atom stereocenters. The summed E-state index contributed by atoms with van der Waals surface area (Å²) in [5.41, 5.74) is 1.27. The Morgan fingerprint density at radius 3 is 2.75 bits per heavy atom. The first-order valence-corrected chi connectivity index (χ1v) is 8.70. The lowest BCUT2D eigenvalue weighted by Gasteiger charge is -2.09. The summed E-state index contributed by atoms with van der Waals surface area (Å²) < 4.78 is 2.41. The molecule has 1 amide bonds. The third-order valence-corrected chi connectivity index (χ3v) is 4.60. The van der Waals surface area contributed by atoms with Gasteiger partial charge in [0.05, 0.1) is 20.8 Å². The summed E-state index contributed by atoms with van der Waals surface area (Å²) in [6, 6.07) is 6.94. The van der Waals surface area contributed by atoms with Gasteiger partial charge in [-0.2, -0.15) is 5.10 Å². The molecule has 130 valence electrons. The summed E-state index contributed by atoms with van der Waals surface area (Å²) in [6.45, 7) is 2.42. The van der Waals surface area contributed by atoms with Crippen molar-refractivity contribution in [2.75, 3.05) is 32.5 Å². The summed E-state index contributed by atoms with van der Waals surface area (Å²) in [4.78, 5) is 14.5. The van der Waals surface area contributed by atoms with Gasteiger partial charge in [-0.1, -0.05) is 23.7 Å². The summed E-state index contributed by atoms with van der Waals surface area (Å²) >= 11 is 9.59. The summed E-state index contributed by atoms with van der Waals surface area (Å²) in [5.74, 6) is 0.334. The van der Waals surface area contributed by atoms with Crippen molar-refractivity contribution < 1.29 is 4.79 Å². The molecule has 0 radical (unpaired) electrons. The number of hydrogen-bond donors (Lipinski definition) is 2. The largest absolute Gasteiger partial charge is 0.310 e. The topological polar surface area (TPSA) is 62.2 Å². The van der Waals surface area contributed by atoms with Crippen LogP contribution in [-0.4, -0.2) is 47.8 Å². The minimum Gasteiger partial charge on any atom is -0.310 e. The van der Waals surface area contributed by atoms with Crippen molar-refractivity contribution >= 4 is 39.3 Å². The quantitative estimate of drug-likeness (QED) is 0.684. The van der Waals surface area contributed by atoms with Gasteiger partial charge >= 0.3 is 0 Å². The van der Waals surface area contributed by atoms with Crippen LogP contribution in [-0.2, 0) is 13.6 Å². The van der Waals surface area contributed by atoms with E-state index in [2.05, 4.69) is 36.6 Å². The highest BCUT2D eigenvalue weighted by molar-refractivity contribution is 9.10. The van der Waals surface area contributed by atoms with Crippen molar-refractivity contribution in [2.24, 2.45) is 7.05 Å². The first kappa shape index (κ1) is 18.9. The Labute approximate surface area is 155 Å². The van der Waals surface area contributed by atoms with Crippen molar-refractivity contribution in [1.82, 2.24) is 20.0 Å². The van der Waals surface area contributed by atoms with E-state index in [1.807, 2.05) is 14.1 Å². The van der Waals surface area contributed by atoms with E-state index in [-0.39, 0.29) is 5.91 Å². The molecule has 0 aliphatic rings. The van der Waals surface area contributed by atoms with E-state index < -0.39 is 0 Å². The van der Waals surface area contributed by atoms with Crippen LogP contribution < -0.4 is 10.6 Å². The Balaban J connectivity index is 2.06. The highest BCUT2D eigenvalue weighted by atomic mass is 79.9. The third-order valence-electron chi connectivity index (χ3n) is 3.43. The smallest absolute Gasteiger partial charge is 0.258 e. The molecule has 0 saturated carbocycles. The Bertz CT molecular complexity index is 716. The highest BCUT2D eigenvalue weighted by Gasteiger charge is 2.18. The number of halogens is 2. The lowest BCUT2D eigenvalue weighted by molar-refractivity contribution is 0.102. The number of aromatic nitrogens is 2. The van der Waals surface area contributed by atoms with E-state index in [0.29, 0.717) is 22.9 Å². The lowest BCUT2D eigenvalue weighted by atomic mass is 10.2. The molecule has 0 aliphatic heterocycles. The Morgan fingerprint density at radius 1 is 1.38 bits per heavy atom. The molecular weight excluding hydrogens is 394 g/mol. The normalized spacial score (nSPS) is 11.1. The molecule has 2 aromatic rings. The van der Waals surface area contributed by atoms with Crippen molar-refractivity contribution in [3.8, 4) is 0 Å². The Kier molecular flexibility index (Phi) is 6.79. The zero-order valence-corrected chi connectivity index (χ0v) is 16.3. The lowest BCUT2D eigenvalue weighted by Crippen LogP contribution is -2.26. The van der Waals surface area contributed by atoms with Gasteiger partial charge in [0.25, 0.3) is 5.91 Å². The zero-order chi connectivity index (χ0) is 17.7. The first-order valence-electron chi connectivity index (χ1n) is 7.53. The molecule has 0 fully saturated rings. The summed E-state index contributed by atoms with van der Waals surface area (Å²) in [6.07, 6.45) is 0. The molecule has 24 heavy (non-hydrogen) atoms. The number of hydrogen-bond acceptors (Lipinski definition) is 4. The average Bonchev–Trinajstić information content (AvgIpc) is 2.79. The van der Waals surface area contributed by atoms with Crippen LogP contribution in [0.15, 0.2) is 28.7 Å². The molecular formula is C16H21BrClN5O. The minimum absolute atomic E-state index is 0.267. The minimum atomic E-state index is -0.267. The molecule has 2 N–H and O–H groups in total. The fraction of sp³-hybridized carbons (Fsp3) is 0.375. The number of anilines is 1.